The number of sulfonamides is 1. The van der Waals surface area contributed by atoms with Crippen molar-refractivity contribution in [3.05, 3.63) is 53.5 Å². The van der Waals surface area contributed by atoms with Crippen LogP contribution in [-0.2, 0) is 14.8 Å². The predicted molar refractivity (Wildman–Crippen MR) is 110 cm³/mol. The van der Waals surface area contributed by atoms with Gasteiger partial charge >= 0.3 is 0 Å². The number of nitrogens with zero attached hydrogens (tertiary/aromatic N) is 3. The number of hydrogen-bond donors (Lipinski definition) is 1. The summed E-state index contributed by atoms with van der Waals surface area (Å²) in [5, 5.41) is 8.67. The molecule has 1 aliphatic rings. The molecule has 0 unspecified atom stereocenters. The van der Waals surface area contributed by atoms with E-state index >= 15 is 0 Å². The van der Waals surface area contributed by atoms with E-state index in [2.05, 4.69) is 14.8 Å². The second-order valence-electron chi connectivity index (χ2n) is 7.75. The van der Waals surface area contributed by atoms with E-state index < -0.39 is 10.0 Å². The van der Waals surface area contributed by atoms with Gasteiger partial charge in [0.05, 0.1) is 12.8 Å². The summed E-state index contributed by atoms with van der Waals surface area (Å²) in [6.45, 7) is 7.65. The SMILES string of the molecule is Cc1ccc(/C=N/N(CCC(=O)NC(C)(C)C)C2=NS(=O)(=O)c3ccccc32)o1. The maximum absolute atomic E-state index is 12.4. The molecule has 1 N–H and O–H groups in total. The summed E-state index contributed by atoms with van der Waals surface area (Å²) in [6, 6.07) is 10.1. The van der Waals surface area contributed by atoms with Gasteiger partial charge in [-0.2, -0.15) is 13.5 Å². The van der Waals surface area contributed by atoms with Gasteiger partial charge in [0.2, 0.25) is 5.91 Å². The van der Waals surface area contributed by atoms with Gasteiger partial charge in [-0.1, -0.05) is 12.1 Å². The first kappa shape index (κ1) is 20.8. The summed E-state index contributed by atoms with van der Waals surface area (Å²) in [7, 11) is -3.80. The minimum absolute atomic E-state index is 0.118. The number of hydrazone groups is 1. The lowest BCUT2D eigenvalue weighted by atomic mass is 10.1. The number of benzene rings is 1. The number of hydrogen-bond acceptors (Lipinski definition) is 6. The molecule has 1 aromatic heterocycles. The van der Waals surface area contributed by atoms with Crippen LogP contribution >= 0.6 is 0 Å². The van der Waals surface area contributed by atoms with Crippen molar-refractivity contribution >= 4 is 28.0 Å². The number of amidine groups is 1. The number of carbonyl (C=O) groups is 1. The van der Waals surface area contributed by atoms with Gasteiger partial charge in [-0.05, 0) is 52.0 Å². The zero-order chi connectivity index (χ0) is 21.2. The van der Waals surface area contributed by atoms with E-state index in [1.54, 1.807) is 30.3 Å². The van der Waals surface area contributed by atoms with E-state index in [0.29, 0.717) is 11.3 Å². The Morgan fingerprint density at radius 2 is 1.97 bits per heavy atom. The molecule has 0 aliphatic carbocycles. The van der Waals surface area contributed by atoms with Crippen molar-refractivity contribution in [3.8, 4) is 0 Å². The lowest BCUT2D eigenvalue weighted by molar-refractivity contribution is -0.122. The summed E-state index contributed by atoms with van der Waals surface area (Å²) in [5.74, 6) is 1.26. The predicted octanol–water partition coefficient (Wildman–Crippen LogP) is 2.68. The maximum atomic E-state index is 12.4. The van der Waals surface area contributed by atoms with Crippen LogP contribution in [-0.4, -0.2) is 43.5 Å². The number of rotatable bonds is 5. The van der Waals surface area contributed by atoms with Gasteiger partial charge < -0.3 is 9.73 Å². The first-order chi connectivity index (χ1) is 13.5. The third kappa shape index (κ3) is 5.11. The van der Waals surface area contributed by atoms with Crippen molar-refractivity contribution < 1.29 is 17.6 Å². The molecule has 0 atom stereocenters. The molecular formula is C20H24N4O4S. The molecule has 8 nitrogen and oxygen atoms in total. The molecule has 9 heteroatoms. The molecule has 0 radical (unpaired) electrons. The Bertz CT molecular complexity index is 1080. The fraction of sp³-hybridized carbons (Fsp3) is 0.350. The fourth-order valence-corrected chi connectivity index (χ4v) is 4.04. The molecular weight excluding hydrogens is 392 g/mol. The topological polar surface area (TPSA) is 104 Å². The molecule has 1 aromatic carbocycles. The van der Waals surface area contributed by atoms with Gasteiger partial charge in [-0.3, -0.25) is 4.79 Å². The van der Waals surface area contributed by atoms with E-state index in [1.165, 1.54) is 17.3 Å². The highest BCUT2D eigenvalue weighted by molar-refractivity contribution is 7.90. The van der Waals surface area contributed by atoms with Gasteiger partial charge in [-0.15, -0.1) is 4.40 Å². The lowest BCUT2D eigenvalue weighted by Crippen LogP contribution is -2.42. The summed E-state index contributed by atoms with van der Waals surface area (Å²) in [5.41, 5.74) is 0.0917. The zero-order valence-corrected chi connectivity index (χ0v) is 17.7. The molecule has 0 saturated carbocycles. The van der Waals surface area contributed by atoms with Crippen LogP contribution in [0.1, 0.15) is 44.3 Å². The summed E-state index contributed by atoms with van der Waals surface area (Å²) in [6.07, 6.45) is 1.60. The summed E-state index contributed by atoms with van der Waals surface area (Å²) >= 11 is 0. The van der Waals surface area contributed by atoms with Gasteiger partial charge in [0.1, 0.15) is 16.4 Å². The van der Waals surface area contributed by atoms with Crippen LogP contribution in [0.5, 0.6) is 0 Å². The van der Waals surface area contributed by atoms with Crippen LogP contribution in [0.2, 0.25) is 0 Å². The molecule has 2 heterocycles. The van der Waals surface area contributed by atoms with E-state index in [1.807, 2.05) is 27.7 Å². The Hall–Kier alpha value is -2.94. The van der Waals surface area contributed by atoms with Crippen molar-refractivity contribution in [3.63, 3.8) is 0 Å². The van der Waals surface area contributed by atoms with E-state index in [4.69, 9.17) is 4.42 Å². The first-order valence-corrected chi connectivity index (χ1v) is 10.6. The minimum Gasteiger partial charge on any atom is -0.460 e. The average Bonchev–Trinajstić information content (AvgIpc) is 3.15. The third-order valence-electron chi connectivity index (χ3n) is 4.01. The molecule has 0 fully saturated rings. The Morgan fingerprint density at radius 3 is 2.62 bits per heavy atom. The number of nitrogens with one attached hydrogen (secondary N) is 1. The monoisotopic (exact) mass is 416 g/mol. The van der Waals surface area contributed by atoms with E-state index in [9.17, 15) is 13.2 Å². The number of amides is 1. The Kier molecular flexibility index (Phi) is 5.61. The number of carbonyl (C=O) groups excluding carboxylic acids is 1. The van der Waals surface area contributed by atoms with Crippen LogP contribution in [0.3, 0.4) is 0 Å². The zero-order valence-electron chi connectivity index (χ0n) is 16.8. The highest BCUT2D eigenvalue weighted by atomic mass is 32.2. The molecule has 1 amide bonds. The first-order valence-electron chi connectivity index (χ1n) is 9.18. The van der Waals surface area contributed by atoms with E-state index in [-0.39, 0.29) is 35.1 Å². The van der Waals surface area contributed by atoms with Crippen LogP contribution in [0.4, 0.5) is 0 Å². The standard InChI is InChI=1S/C20H24N4O4S/c1-14-9-10-15(28-14)13-21-24(12-11-18(25)22-20(2,3)4)19-16-7-5-6-8-17(16)29(26,27)23-19/h5-10,13H,11-12H2,1-4H3,(H,22,25)/b21-13+. The van der Waals surface area contributed by atoms with Crippen LogP contribution < -0.4 is 5.32 Å². The smallest absolute Gasteiger partial charge is 0.285 e. The molecule has 0 spiro atoms. The average molecular weight is 417 g/mol. The van der Waals surface area contributed by atoms with E-state index in [0.717, 1.165) is 5.76 Å². The van der Waals surface area contributed by atoms with Gasteiger partial charge in [0.25, 0.3) is 10.0 Å². The Morgan fingerprint density at radius 1 is 1.24 bits per heavy atom. The molecule has 0 bridgehead atoms. The fourth-order valence-electron chi connectivity index (χ4n) is 2.83. The number of aryl methyl sites for hydroxylation is 1. The maximum Gasteiger partial charge on any atom is 0.285 e. The van der Waals surface area contributed by atoms with Crippen molar-refractivity contribution in [2.75, 3.05) is 6.54 Å². The summed E-state index contributed by atoms with van der Waals surface area (Å²) < 4.78 is 34.2. The Balaban J connectivity index is 1.89. The van der Waals surface area contributed by atoms with Gasteiger partial charge in [-0.25, -0.2) is 5.01 Å². The Labute approximate surface area is 170 Å². The van der Waals surface area contributed by atoms with Crippen LogP contribution in [0.15, 0.2) is 55.2 Å². The normalized spacial score (nSPS) is 15.2. The summed E-state index contributed by atoms with van der Waals surface area (Å²) in [4.78, 5) is 12.4. The molecule has 154 valence electrons. The van der Waals surface area contributed by atoms with Gasteiger partial charge in [0.15, 0.2) is 5.84 Å². The largest absolute Gasteiger partial charge is 0.460 e. The highest BCUT2D eigenvalue weighted by Crippen LogP contribution is 2.27. The van der Waals surface area contributed by atoms with Crippen molar-refractivity contribution in [1.29, 1.82) is 0 Å². The third-order valence-corrected chi connectivity index (χ3v) is 5.33. The lowest BCUT2D eigenvalue weighted by Gasteiger charge is -2.22. The van der Waals surface area contributed by atoms with Crippen molar-refractivity contribution in [2.24, 2.45) is 9.50 Å². The molecule has 3 rings (SSSR count). The number of fused-ring (bicyclic) bond motifs is 1. The van der Waals surface area contributed by atoms with Crippen molar-refractivity contribution in [2.45, 2.75) is 44.6 Å². The minimum atomic E-state index is -3.80. The molecule has 29 heavy (non-hydrogen) atoms. The molecule has 0 saturated heterocycles. The second kappa shape index (κ2) is 7.82. The number of furan rings is 1. The van der Waals surface area contributed by atoms with Gasteiger partial charge in [0, 0.05) is 17.5 Å². The van der Waals surface area contributed by atoms with Crippen molar-refractivity contribution in [1.82, 2.24) is 10.3 Å². The molecule has 1 aliphatic heterocycles. The second-order valence-corrected chi connectivity index (χ2v) is 9.32. The highest BCUT2D eigenvalue weighted by Gasteiger charge is 2.32. The quantitative estimate of drug-likeness (QED) is 0.596. The molecule has 2 aromatic rings. The van der Waals surface area contributed by atoms with Crippen LogP contribution in [0, 0.1) is 6.92 Å². The van der Waals surface area contributed by atoms with Crippen LogP contribution in [0.25, 0.3) is 0 Å².